The first-order valence-electron chi connectivity index (χ1n) is 11.2. The number of hydrogen-bond donors (Lipinski definition) is 0. The van der Waals surface area contributed by atoms with E-state index in [2.05, 4.69) is 5.73 Å². The van der Waals surface area contributed by atoms with Crippen LogP contribution in [0.2, 0.25) is 0 Å². The van der Waals surface area contributed by atoms with Crippen molar-refractivity contribution < 1.29 is 14.1 Å². The molecule has 0 saturated heterocycles. The summed E-state index contributed by atoms with van der Waals surface area (Å²) in [5.74, 6) is -0.505. The van der Waals surface area contributed by atoms with E-state index in [1.165, 1.54) is 0 Å². The van der Waals surface area contributed by atoms with Gasteiger partial charge in [0.1, 0.15) is 5.57 Å². The second kappa shape index (κ2) is 10.8. The van der Waals surface area contributed by atoms with E-state index >= 15 is 4.57 Å². The summed E-state index contributed by atoms with van der Waals surface area (Å²) < 4.78 is 20.6. The summed E-state index contributed by atoms with van der Waals surface area (Å²) in [7, 11) is -3.41. The number of ether oxygens (including phenoxy) is 1. The molecular weight excluding hydrogens is 439 g/mol. The number of carbonyl (C=O) groups is 1. The van der Waals surface area contributed by atoms with Crippen LogP contribution in [0.1, 0.15) is 18.1 Å². The van der Waals surface area contributed by atoms with E-state index in [4.69, 9.17) is 4.74 Å². The minimum absolute atomic E-state index is 0.229. The molecule has 168 valence electrons. The molecule has 0 N–H and O–H groups in total. The van der Waals surface area contributed by atoms with Crippen molar-refractivity contribution in [3.63, 3.8) is 0 Å². The van der Waals surface area contributed by atoms with Crippen molar-refractivity contribution in [2.75, 3.05) is 6.61 Å². The topological polar surface area (TPSA) is 43.4 Å². The first kappa shape index (κ1) is 23.3. The molecular formula is C30H25O3P. The standard InChI is InChI=1S/C30H25O3P/c1-2-33-30(31)28(24-15-7-3-8-16-24)23-29(25-17-9-4-10-18-25)34(32,26-19-11-5-12-20-26)27-21-13-6-14-22-27/h3-22H,2H2,1H3. The average Bonchev–Trinajstić information content (AvgIpc) is 2.91. The molecule has 0 aliphatic heterocycles. The van der Waals surface area contributed by atoms with Crippen LogP contribution in [0.3, 0.4) is 0 Å². The van der Waals surface area contributed by atoms with Gasteiger partial charge >= 0.3 is 5.97 Å². The van der Waals surface area contributed by atoms with E-state index in [1.807, 2.05) is 121 Å². The van der Waals surface area contributed by atoms with E-state index in [9.17, 15) is 4.79 Å². The highest BCUT2D eigenvalue weighted by atomic mass is 31.2. The van der Waals surface area contributed by atoms with Gasteiger partial charge in [-0.3, -0.25) is 0 Å². The molecule has 0 bridgehead atoms. The van der Waals surface area contributed by atoms with Gasteiger partial charge in [-0.2, -0.15) is 0 Å². The quantitative estimate of drug-likeness (QED) is 0.140. The van der Waals surface area contributed by atoms with Crippen molar-refractivity contribution in [3.8, 4) is 0 Å². The highest BCUT2D eigenvalue weighted by Gasteiger charge is 2.33. The molecule has 0 amide bonds. The van der Waals surface area contributed by atoms with Crippen LogP contribution in [-0.4, -0.2) is 12.6 Å². The molecule has 4 rings (SSSR count). The van der Waals surface area contributed by atoms with Gasteiger partial charge in [0, 0.05) is 10.6 Å². The zero-order valence-corrected chi connectivity index (χ0v) is 19.8. The molecule has 0 radical (unpaired) electrons. The number of carbonyl (C=O) groups excluding carboxylic acids is 1. The summed E-state index contributed by atoms with van der Waals surface area (Å²) in [4.78, 5) is 13.1. The smallest absolute Gasteiger partial charge is 0.346 e. The zero-order chi connectivity index (χ0) is 23.8. The molecule has 4 heteroatoms. The molecule has 4 aromatic carbocycles. The van der Waals surface area contributed by atoms with E-state index < -0.39 is 13.1 Å². The SMILES string of the molecule is CCOC(=O)C(=C=C(c1ccccc1)P(=O)(c1ccccc1)c1ccccc1)c1ccccc1. The molecule has 0 saturated carbocycles. The van der Waals surface area contributed by atoms with Gasteiger partial charge < -0.3 is 9.30 Å². The third kappa shape index (κ3) is 4.87. The molecule has 0 fully saturated rings. The Bertz CT molecular complexity index is 1310. The predicted octanol–water partition coefficient (Wildman–Crippen LogP) is 6.29. The van der Waals surface area contributed by atoms with Crippen LogP contribution < -0.4 is 10.6 Å². The molecule has 0 spiro atoms. The highest BCUT2D eigenvalue weighted by molar-refractivity contribution is 7.87. The summed E-state index contributed by atoms with van der Waals surface area (Å²) in [6, 6.07) is 37.5. The van der Waals surface area contributed by atoms with Gasteiger partial charge in [0.25, 0.3) is 0 Å². The van der Waals surface area contributed by atoms with E-state index in [-0.39, 0.29) is 12.2 Å². The van der Waals surface area contributed by atoms with Gasteiger partial charge in [-0.15, -0.1) is 0 Å². The summed E-state index contributed by atoms with van der Waals surface area (Å²) in [5.41, 5.74) is 4.94. The normalized spacial score (nSPS) is 10.7. The second-order valence-electron chi connectivity index (χ2n) is 7.58. The lowest BCUT2D eigenvalue weighted by molar-refractivity contribution is -0.136. The number of benzene rings is 4. The summed E-state index contributed by atoms with van der Waals surface area (Å²) in [6.07, 6.45) is 0. The zero-order valence-electron chi connectivity index (χ0n) is 18.9. The van der Waals surface area contributed by atoms with Gasteiger partial charge in [0.15, 0.2) is 7.14 Å². The van der Waals surface area contributed by atoms with Gasteiger partial charge in [0.2, 0.25) is 0 Å². The van der Waals surface area contributed by atoms with Crippen LogP contribution in [0.15, 0.2) is 127 Å². The average molecular weight is 465 g/mol. The lowest BCUT2D eigenvalue weighted by Crippen LogP contribution is -2.17. The Labute approximate surface area is 200 Å². The Hall–Kier alpha value is -3.90. The number of esters is 1. The third-order valence-electron chi connectivity index (χ3n) is 5.39. The highest BCUT2D eigenvalue weighted by Crippen LogP contribution is 2.56. The van der Waals surface area contributed by atoms with Crippen LogP contribution in [0, 0.1) is 0 Å². The fourth-order valence-corrected chi connectivity index (χ4v) is 6.56. The van der Waals surface area contributed by atoms with Crippen molar-refractivity contribution in [1.82, 2.24) is 0 Å². The number of rotatable bonds is 7. The maximum Gasteiger partial charge on any atom is 0.346 e. The molecule has 0 aromatic heterocycles. The Balaban J connectivity index is 2.15. The largest absolute Gasteiger partial charge is 0.462 e. The summed E-state index contributed by atoms with van der Waals surface area (Å²) in [6.45, 7) is 1.99. The fourth-order valence-electron chi connectivity index (χ4n) is 3.78. The Morgan fingerprint density at radius 2 is 1.09 bits per heavy atom. The first-order valence-corrected chi connectivity index (χ1v) is 12.9. The second-order valence-corrected chi connectivity index (χ2v) is 10.3. The van der Waals surface area contributed by atoms with Crippen LogP contribution in [0.5, 0.6) is 0 Å². The maximum atomic E-state index is 15.2. The maximum absolute atomic E-state index is 15.2. The fraction of sp³-hybridized carbons (Fsp3) is 0.0667. The van der Waals surface area contributed by atoms with Gasteiger partial charge in [0.05, 0.1) is 11.9 Å². The lowest BCUT2D eigenvalue weighted by Gasteiger charge is -2.22. The van der Waals surface area contributed by atoms with Crippen molar-refractivity contribution in [1.29, 1.82) is 0 Å². The van der Waals surface area contributed by atoms with Gasteiger partial charge in [-0.25, -0.2) is 4.79 Å². The Morgan fingerprint density at radius 3 is 1.53 bits per heavy atom. The molecule has 0 aliphatic rings. The Morgan fingerprint density at radius 1 is 0.676 bits per heavy atom. The van der Waals surface area contributed by atoms with Crippen molar-refractivity contribution >= 4 is 34.6 Å². The summed E-state index contributed by atoms with van der Waals surface area (Å²) in [5, 5.41) is 1.80. The monoisotopic (exact) mass is 464 g/mol. The van der Waals surface area contributed by atoms with E-state index in [1.54, 1.807) is 6.92 Å². The summed E-state index contributed by atoms with van der Waals surface area (Å²) >= 11 is 0. The molecule has 3 nitrogen and oxygen atoms in total. The number of hydrogen-bond acceptors (Lipinski definition) is 3. The molecule has 0 atom stereocenters. The van der Waals surface area contributed by atoms with Crippen LogP contribution in [0.25, 0.3) is 10.9 Å². The van der Waals surface area contributed by atoms with Crippen molar-refractivity contribution in [3.05, 3.63) is 138 Å². The van der Waals surface area contributed by atoms with Crippen LogP contribution >= 0.6 is 7.14 Å². The van der Waals surface area contributed by atoms with Crippen molar-refractivity contribution in [2.24, 2.45) is 0 Å². The van der Waals surface area contributed by atoms with Crippen LogP contribution in [-0.2, 0) is 14.1 Å². The van der Waals surface area contributed by atoms with Gasteiger partial charge in [-0.1, -0.05) is 127 Å². The lowest BCUT2D eigenvalue weighted by atomic mass is 10.1. The third-order valence-corrected chi connectivity index (χ3v) is 8.44. The minimum Gasteiger partial charge on any atom is -0.462 e. The van der Waals surface area contributed by atoms with Gasteiger partial charge in [-0.05, 0) is 18.1 Å². The molecule has 34 heavy (non-hydrogen) atoms. The Kier molecular flexibility index (Phi) is 7.40. The van der Waals surface area contributed by atoms with E-state index in [0.717, 1.165) is 5.56 Å². The molecule has 0 aliphatic carbocycles. The van der Waals surface area contributed by atoms with E-state index in [0.29, 0.717) is 21.5 Å². The molecule has 4 aromatic rings. The predicted molar refractivity (Wildman–Crippen MR) is 140 cm³/mol. The first-order chi connectivity index (χ1) is 16.6. The van der Waals surface area contributed by atoms with Crippen LogP contribution in [0.4, 0.5) is 0 Å². The molecule has 0 heterocycles. The minimum atomic E-state index is -3.41. The molecule has 0 unspecified atom stereocenters. The van der Waals surface area contributed by atoms with Crippen molar-refractivity contribution in [2.45, 2.75) is 6.92 Å².